The van der Waals surface area contributed by atoms with Crippen LogP contribution in [0.4, 0.5) is 0 Å². The fourth-order valence-electron chi connectivity index (χ4n) is 1.34. The van der Waals surface area contributed by atoms with Crippen LogP contribution in [-0.2, 0) is 9.47 Å². The number of likely N-dealkylation sites (N-methyl/N-ethyl adjacent to an activating group) is 1. The van der Waals surface area contributed by atoms with E-state index in [-0.39, 0.29) is 12.3 Å². The third kappa shape index (κ3) is 5.21. The number of morpholine rings is 1. The molecule has 0 bridgehead atoms. The minimum Gasteiger partial charge on any atom is -0.382 e. The number of hydrogen-bond acceptors (Lipinski definition) is 4. The highest BCUT2D eigenvalue weighted by molar-refractivity contribution is 4.71. The first-order chi connectivity index (χ1) is 6.22. The number of nitrogens with zero attached hydrogens (tertiary/aromatic N) is 1. The first kappa shape index (κ1) is 12.8. The van der Waals surface area contributed by atoms with Crippen LogP contribution in [0, 0.1) is 0 Å². The molecule has 1 heterocycles. The van der Waals surface area contributed by atoms with Crippen molar-refractivity contribution in [2.24, 2.45) is 5.73 Å². The van der Waals surface area contributed by atoms with Crippen molar-refractivity contribution in [2.75, 3.05) is 33.9 Å². The van der Waals surface area contributed by atoms with Gasteiger partial charge in [-0.15, -0.1) is 0 Å². The van der Waals surface area contributed by atoms with Crippen molar-refractivity contribution < 1.29 is 9.47 Å². The van der Waals surface area contributed by atoms with Crippen LogP contribution in [0.3, 0.4) is 0 Å². The molecule has 1 aliphatic heterocycles. The summed E-state index contributed by atoms with van der Waals surface area (Å²) in [5.41, 5.74) is 5.63. The number of ether oxygens (including phenoxy) is 2. The molecule has 1 aliphatic rings. The van der Waals surface area contributed by atoms with Crippen LogP contribution < -0.4 is 5.73 Å². The van der Waals surface area contributed by atoms with Crippen molar-refractivity contribution in [3.05, 3.63) is 0 Å². The zero-order chi connectivity index (χ0) is 10.3. The molecule has 4 heteroatoms. The van der Waals surface area contributed by atoms with Gasteiger partial charge in [0.1, 0.15) is 6.23 Å². The lowest BCUT2D eigenvalue weighted by atomic mass is 10.3. The van der Waals surface area contributed by atoms with Crippen LogP contribution in [0.15, 0.2) is 0 Å². The highest BCUT2D eigenvalue weighted by Gasteiger charge is 2.22. The Hall–Kier alpha value is -0.160. The Labute approximate surface area is 81.0 Å². The standard InChI is InChI=1S/C7H16N2O2.C2H6/c1-9-3-6(5-10-2)11-7(8)4-9;1-2/h6-7H,3-5,8H2,1-2H3;1-2H3. The van der Waals surface area contributed by atoms with Crippen LogP contribution in [0.25, 0.3) is 0 Å². The summed E-state index contributed by atoms with van der Waals surface area (Å²) in [4.78, 5) is 2.15. The van der Waals surface area contributed by atoms with Gasteiger partial charge in [-0.2, -0.15) is 0 Å². The Kier molecular flexibility index (Phi) is 7.17. The number of rotatable bonds is 2. The van der Waals surface area contributed by atoms with Gasteiger partial charge in [0.25, 0.3) is 0 Å². The van der Waals surface area contributed by atoms with Gasteiger partial charge >= 0.3 is 0 Å². The highest BCUT2D eigenvalue weighted by atomic mass is 16.5. The predicted octanol–water partition coefficient (Wildman–Crippen LogP) is 0.274. The molecular weight excluding hydrogens is 168 g/mol. The van der Waals surface area contributed by atoms with Gasteiger partial charge < -0.3 is 15.2 Å². The molecule has 80 valence electrons. The largest absolute Gasteiger partial charge is 0.382 e. The minimum atomic E-state index is -0.158. The van der Waals surface area contributed by atoms with Crippen molar-refractivity contribution in [2.45, 2.75) is 26.2 Å². The van der Waals surface area contributed by atoms with E-state index >= 15 is 0 Å². The predicted molar refractivity (Wildman–Crippen MR) is 53.6 cm³/mol. The lowest BCUT2D eigenvalue weighted by molar-refractivity contribution is -0.0994. The van der Waals surface area contributed by atoms with Gasteiger partial charge in [0.05, 0.1) is 12.7 Å². The molecule has 1 rings (SSSR count). The van der Waals surface area contributed by atoms with Gasteiger partial charge in [-0.25, -0.2) is 0 Å². The van der Waals surface area contributed by atoms with Gasteiger partial charge in [-0.3, -0.25) is 4.90 Å². The molecular formula is C9H22N2O2. The second-order valence-corrected chi connectivity index (χ2v) is 2.97. The molecule has 2 atom stereocenters. The van der Waals surface area contributed by atoms with E-state index in [1.165, 1.54) is 0 Å². The van der Waals surface area contributed by atoms with Crippen LogP contribution in [0.5, 0.6) is 0 Å². The molecule has 1 saturated heterocycles. The van der Waals surface area contributed by atoms with E-state index in [0.717, 1.165) is 13.1 Å². The third-order valence-corrected chi connectivity index (χ3v) is 1.73. The quantitative estimate of drug-likeness (QED) is 0.679. The Morgan fingerprint density at radius 1 is 1.46 bits per heavy atom. The maximum absolute atomic E-state index is 5.63. The normalized spacial score (nSPS) is 29.3. The zero-order valence-electron chi connectivity index (χ0n) is 9.12. The molecule has 2 unspecified atom stereocenters. The van der Waals surface area contributed by atoms with E-state index in [1.54, 1.807) is 7.11 Å². The number of hydrogen-bond donors (Lipinski definition) is 1. The molecule has 2 N–H and O–H groups in total. The van der Waals surface area contributed by atoms with E-state index in [0.29, 0.717) is 6.61 Å². The molecule has 0 radical (unpaired) electrons. The van der Waals surface area contributed by atoms with Gasteiger partial charge in [0.2, 0.25) is 0 Å². The zero-order valence-corrected chi connectivity index (χ0v) is 9.12. The van der Waals surface area contributed by atoms with E-state index in [1.807, 2.05) is 20.9 Å². The average Bonchev–Trinajstić information content (AvgIpc) is 2.06. The molecule has 1 fully saturated rings. The fourth-order valence-corrected chi connectivity index (χ4v) is 1.34. The van der Waals surface area contributed by atoms with Crippen molar-refractivity contribution in [3.8, 4) is 0 Å². The van der Waals surface area contributed by atoms with Crippen molar-refractivity contribution in [3.63, 3.8) is 0 Å². The average molecular weight is 190 g/mol. The highest BCUT2D eigenvalue weighted by Crippen LogP contribution is 2.05. The summed E-state index contributed by atoms with van der Waals surface area (Å²) in [7, 11) is 3.70. The molecule has 0 aromatic rings. The summed E-state index contributed by atoms with van der Waals surface area (Å²) < 4.78 is 10.4. The Balaban J connectivity index is 0.000000671. The monoisotopic (exact) mass is 190 g/mol. The van der Waals surface area contributed by atoms with Gasteiger partial charge in [-0.1, -0.05) is 13.8 Å². The van der Waals surface area contributed by atoms with Crippen LogP contribution in [0.1, 0.15) is 13.8 Å². The molecule has 0 aromatic carbocycles. The van der Waals surface area contributed by atoms with E-state index in [9.17, 15) is 0 Å². The summed E-state index contributed by atoms with van der Waals surface area (Å²) in [5.74, 6) is 0. The van der Waals surface area contributed by atoms with E-state index < -0.39 is 0 Å². The SMILES string of the molecule is CC.COCC1CN(C)CC(N)O1. The summed E-state index contributed by atoms with van der Waals surface area (Å²) >= 11 is 0. The van der Waals surface area contributed by atoms with Gasteiger partial charge in [-0.05, 0) is 7.05 Å². The van der Waals surface area contributed by atoms with E-state index in [4.69, 9.17) is 15.2 Å². The summed E-state index contributed by atoms with van der Waals surface area (Å²) in [6.45, 7) is 6.33. The molecule has 4 nitrogen and oxygen atoms in total. The maximum Gasteiger partial charge on any atom is 0.119 e. The molecule has 0 spiro atoms. The molecule has 0 aliphatic carbocycles. The molecule has 0 aromatic heterocycles. The first-order valence-corrected chi connectivity index (χ1v) is 4.81. The van der Waals surface area contributed by atoms with Gasteiger partial charge in [0.15, 0.2) is 0 Å². The first-order valence-electron chi connectivity index (χ1n) is 4.81. The lowest BCUT2D eigenvalue weighted by Crippen LogP contribution is -2.50. The van der Waals surface area contributed by atoms with Gasteiger partial charge in [0, 0.05) is 20.2 Å². The topological polar surface area (TPSA) is 47.7 Å². The van der Waals surface area contributed by atoms with Crippen molar-refractivity contribution in [1.82, 2.24) is 4.90 Å². The Morgan fingerprint density at radius 3 is 2.54 bits per heavy atom. The number of nitrogens with two attached hydrogens (primary N) is 1. The molecule has 13 heavy (non-hydrogen) atoms. The van der Waals surface area contributed by atoms with Crippen LogP contribution in [-0.4, -0.2) is 51.1 Å². The van der Waals surface area contributed by atoms with E-state index in [2.05, 4.69) is 4.90 Å². The Morgan fingerprint density at radius 2 is 2.08 bits per heavy atom. The van der Waals surface area contributed by atoms with Crippen LogP contribution in [0.2, 0.25) is 0 Å². The molecule has 0 amide bonds. The molecule has 0 saturated carbocycles. The second-order valence-electron chi connectivity index (χ2n) is 2.97. The third-order valence-electron chi connectivity index (χ3n) is 1.73. The van der Waals surface area contributed by atoms with Crippen molar-refractivity contribution in [1.29, 1.82) is 0 Å². The Bertz CT molecular complexity index is 112. The number of methoxy groups -OCH3 is 1. The minimum absolute atomic E-state index is 0.133. The smallest absolute Gasteiger partial charge is 0.119 e. The van der Waals surface area contributed by atoms with Crippen LogP contribution >= 0.6 is 0 Å². The fraction of sp³-hybridized carbons (Fsp3) is 1.00. The second kappa shape index (κ2) is 7.26. The summed E-state index contributed by atoms with van der Waals surface area (Å²) in [5, 5.41) is 0. The summed E-state index contributed by atoms with van der Waals surface area (Å²) in [6, 6.07) is 0. The summed E-state index contributed by atoms with van der Waals surface area (Å²) in [6.07, 6.45) is -0.0253. The van der Waals surface area contributed by atoms with Crippen molar-refractivity contribution >= 4 is 0 Å². The maximum atomic E-state index is 5.63. The lowest BCUT2D eigenvalue weighted by Gasteiger charge is -2.33.